The number of hydrogen-bond donors (Lipinski definition) is 0. The molecule has 0 radical (unpaired) electrons. The van der Waals surface area contributed by atoms with Gasteiger partial charge in [-0.05, 0) is 51.0 Å². The summed E-state index contributed by atoms with van der Waals surface area (Å²) in [5, 5.41) is 9.41. The van der Waals surface area contributed by atoms with Crippen molar-refractivity contribution in [2.75, 3.05) is 19.0 Å². The van der Waals surface area contributed by atoms with E-state index in [1.165, 1.54) is 11.1 Å². The van der Waals surface area contributed by atoms with Gasteiger partial charge in [0, 0.05) is 36.2 Å². The van der Waals surface area contributed by atoms with Crippen LogP contribution in [0.15, 0.2) is 71.9 Å². The Morgan fingerprint density at radius 2 is 1.32 bits per heavy atom. The van der Waals surface area contributed by atoms with E-state index >= 15 is 0 Å². The number of benzene rings is 1. The Labute approximate surface area is 186 Å². The molecule has 2 aliphatic rings. The SMILES string of the molecule is CC1=CCC(C)(c2nnc(-c3ccc(N(C)C)cc3)nc2C2(C)C=CC(C)=CC2)C=C1. The summed E-state index contributed by atoms with van der Waals surface area (Å²) in [6.07, 6.45) is 15.3. The Bertz CT molecular complexity index is 1100. The van der Waals surface area contributed by atoms with Crippen LogP contribution in [-0.4, -0.2) is 29.3 Å². The third kappa shape index (κ3) is 4.12. The average Bonchev–Trinajstić information content (AvgIpc) is 2.78. The van der Waals surface area contributed by atoms with Crippen LogP contribution in [0.5, 0.6) is 0 Å². The van der Waals surface area contributed by atoms with E-state index in [1.807, 2.05) is 14.1 Å². The van der Waals surface area contributed by atoms with Gasteiger partial charge in [0.05, 0.1) is 11.4 Å². The van der Waals surface area contributed by atoms with Gasteiger partial charge in [-0.3, -0.25) is 0 Å². The van der Waals surface area contributed by atoms with Gasteiger partial charge < -0.3 is 4.90 Å². The van der Waals surface area contributed by atoms with E-state index in [-0.39, 0.29) is 10.8 Å². The van der Waals surface area contributed by atoms with Crippen LogP contribution in [0.25, 0.3) is 11.4 Å². The molecular formula is C27H32N4. The van der Waals surface area contributed by atoms with Gasteiger partial charge >= 0.3 is 0 Å². The standard InChI is InChI=1S/C27H32N4/c1-19-11-15-26(3,16-12-19)23-24(27(4)17-13-20(2)14-18-27)29-30-25(28-23)21-7-9-22(10-8-21)31(5)6/h7-15,17H,16,18H2,1-6H3. The van der Waals surface area contributed by atoms with Crippen LogP contribution in [0.4, 0.5) is 5.69 Å². The highest BCUT2D eigenvalue weighted by molar-refractivity contribution is 5.60. The second kappa shape index (κ2) is 7.92. The molecule has 0 aliphatic heterocycles. The highest BCUT2D eigenvalue weighted by atomic mass is 15.2. The normalized spacial score (nSPS) is 25.2. The smallest absolute Gasteiger partial charge is 0.182 e. The Balaban J connectivity index is 1.83. The minimum Gasteiger partial charge on any atom is -0.378 e. The molecule has 1 aromatic carbocycles. The van der Waals surface area contributed by atoms with E-state index in [9.17, 15) is 0 Å². The fourth-order valence-corrected chi connectivity index (χ4v) is 4.14. The molecule has 31 heavy (non-hydrogen) atoms. The van der Waals surface area contributed by atoms with Gasteiger partial charge in [0.25, 0.3) is 0 Å². The van der Waals surface area contributed by atoms with E-state index in [0.717, 1.165) is 35.5 Å². The van der Waals surface area contributed by atoms with Gasteiger partial charge in [-0.15, -0.1) is 5.10 Å². The van der Waals surface area contributed by atoms with Crippen molar-refractivity contribution in [3.05, 3.63) is 83.3 Å². The molecule has 4 nitrogen and oxygen atoms in total. The van der Waals surface area contributed by atoms with Crippen LogP contribution in [0.2, 0.25) is 0 Å². The number of anilines is 1. The second-order valence-corrected chi connectivity index (χ2v) is 9.58. The molecule has 1 heterocycles. The van der Waals surface area contributed by atoms with Gasteiger partial charge in [0.1, 0.15) is 0 Å². The lowest BCUT2D eigenvalue weighted by molar-refractivity contribution is 0.499. The van der Waals surface area contributed by atoms with E-state index in [0.29, 0.717) is 5.82 Å². The fraction of sp³-hybridized carbons (Fsp3) is 0.370. The molecule has 0 bridgehead atoms. The molecule has 0 fully saturated rings. The first kappa shape index (κ1) is 21.2. The summed E-state index contributed by atoms with van der Waals surface area (Å²) in [6, 6.07) is 8.35. The molecule has 0 saturated heterocycles. The molecule has 2 atom stereocenters. The lowest BCUT2D eigenvalue weighted by atomic mass is 9.71. The van der Waals surface area contributed by atoms with Crippen molar-refractivity contribution in [1.82, 2.24) is 15.2 Å². The molecule has 1 aromatic heterocycles. The van der Waals surface area contributed by atoms with E-state index in [4.69, 9.17) is 10.1 Å². The van der Waals surface area contributed by atoms with Crippen molar-refractivity contribution in [2.24, 2.45) is 0 Å². The Morgan fingerprint density at radius 3 is 1.81 bits per heavy atom. The van der Waals surface area contributed by atoms with E-state index in [2.05, 4.69) is 98.4 Å². The minimum atomic E-state index is -0.213. The molecular weight excluding hydrogens is 380 g/mol. The van der Waals surface area contributed by atoms with Crippen LogP contribution < -0.4 is 4.90 Å². The number of allylic oxidation sites excluding steroid dienone is 8. The number of aromatic nitrogens is 3. The van der Waals surface area contributed by atoms with E-state index in [1.54, 1.807) is 0 Å². The molecule has 0 spiro atoms. The van der Waals surface area contributed by atoms with Gasteiger partial charge in [-0.25, -0.2) is 4.98 Å². The van der Waals surface area contributed by atoms with Crippen LogP contribution in [0, 0.1) is 0 Å². The first-order chi connectivity index (χ1) is 14.7. The van der Waals surface area contributed by atoms with Crippen LogP contribution in [0.1, 0.15) is 51.9 Å². The lowest BCUT2D eigenvalue weighted by Gasteiger charge is -2.34. The number of rotatable bonds is 4. The Morgan fingerprint density at radius 1 is 0.774 bits per heavy atom. The summed E-state index contributed by atoms with van der Waals surface area (Å²) >= 11 is 0. The summed E-state index contributed by atoms with van der Waals surface area (Å²) in [6.45, 7) is 8.78. The molecule has 2 aliphatic carbocycles. The summed E-state index contributed by atoms with van der Waals surface area (Å²) in [5.41, 5.74) is 6.29. The largest absolute Gasteiger partial charge is 0.378 e. The Kier molecular flexibility index (Phi) is 5.42. The molecule has 0 amide bonds. The summed E-state index contributed by atoms with van der Waals surface area (Å²) in [4.78, 5) is 7.24. The second-order valence-electron chi connectivity index (χ2n) is 9.58. The quantitative estimate of drug-likeness (QED) is 0.624. The highest BCUT2D eigenvalue weighted by Gasteiger charge is 2.37. The third-order valence-corrected chi connectivity index (χ3v) is 6.53. The first-order valence-electron chi connectivity index (χ1n) is 11.0. The predicted octanol–water partition coefficient (Wildman–Crippen LogP) is 5.93. The summed E-state index contributed by atoms with van der Waals surface area (Å²) < 4.78 is 0. The van der Waals surface area contributed by atoms with Crippen molar-refractivity contribution in [2.45, 2.75) is 51.4 Å². The topological polar surface area (TPSA) is 41.9 Å². The van der Waals surface area contributed by atoms with Crippen molar-refractivity contribution >= 4 is 5.69 Å². The van der Waals surface area contributed by atoms with E-state index < -0.39 is 0 Å². The maximum Gasteiger partial charge on any atom is 0.182 e. The molecule has 160 valence electrons. The van der Waals surface area contributed by atoms with Gasteiger partial charge in [0.15, 0.2) is 5.82 Å². The third-order valence-electron chi connectivity index (χ3n) is 6.53. The van der Waals surface area contributed by atoms with Crippen LogP contribution in [-0.2, 0) is 10.8 Å². The zero-order valence-corrected chi connectivity index (χ0v) is 19.5. The van der Waals surface area contributed by atoms with Crippen molar-refractivity contribution < 1.29 is 0 Å². The first-order valence-corrected chi connectivity index (χ1v) is 11.0. The molecule has 4 rings (SSSR count). The molecule has 0 saturated carbocycles. The fourth-order valence-electron chi connectivity index (χ4n) is 4.14. The number of nitrogens with zero attached hydrogens (tertiary/aromatic N) is 4. The molecule has 0 N–H and O–H groups in total. The van der Waals surface area contributed by atoms with Gasteiger partial charge in [-0.2, -0.15) is 5.10 Å². The monoisotopic (exact) mass is 412 g/mol. The minimum absolute atomic E-state index is 0.212. The molecule has 2 unspecified atom stereocenters. The molecule has 2 aromatic rings. The Hall–Kier alpha value is -3.01. The van der Waals surface area contributed by atoms with Gasteiger partial charge in [-0.1, -0.05) is 61.4 Å². The van der Waals surface area contributed by atoms with Gasteiger partial charge in [0.2, 0.25) is 0 Å². The van der Waals surface area contributed by atoms with Crippen LogP contribution in [0.3, 0.4) is 0 Å². The summed E-state index contributed by atoms with van der Waals surface area (Å²) in [5.74, 6) is 0.681. The lowest BCUT2D eigenvalue weighted by Crippen LogP contribution is -2.32. The zero-order chi connectivity index (χ0) is 22.2. The number of hydrogen-bond acceptors (Lipinski definition) is 4. The summed E-state index contributed by atoms with van der Waals surface area (Å²) in [7, 11) is 4.08. The van der Waals surface area contributed by atoms with Crippen molar-refractivity contribution in [3.63, 3.8) is 0 Å². The zero-order valence-electron chi connectivity index (χ0n) is 19.5. The highest BCUT2D eigenvalue weighted by Crippen LogP contribution is 2.41. The maximum absolute atomic E-state index is 5.16. The van der Waals surface area contributed by atoms with Crippen molar-refractivity contribution in [3.8, 4) is 11.4 Å². The van der Waals surface area contributed by atoms with Crippen LogP contribution >= 0.6 is 0 Å². The maximum atomic E-state index is 5.16. The molecule has 4 heteroatoms. The van der Waals surface area contributed by atoms with Crippen molar-refractivity contribution in [1.29, 1.82) is 0 Å². The average molecular weight is 413 g/mol. The predicted molar refractivity (Wildman–Crippen MR) is 129 cm³/mol.